The van der Waals surface area contributed by atoms with Crippen LogP contribution in [0.2, 0.25) is 0 Å². The Kier molecular flexibility index (Phi) is 7.93. The maximum absolute atomic E-state index is 4.81. The molecule has 0 fully saturated rings. The fourth-order valence-electron chi connectivity index (χ4n) is 6.32. The first-order valence-corrected chi connectivity index (χ1v) is 13.7. The standard InChI is InChI=1S/C34H44N2/c1-9-15-29(23(3)10-2)19-20-33-34(28(8)36-25(5)22-24(4)26(6)27(36)7)31-17-12-11-16-30(31)32-18-13-14-21-35(32)33/h9,11-18,21-23,29,33-34H,8,10,19-20H2,1-7H3/q+2/b15-9-. The molecule has 3 aromatic rings. The van der Waals surface area contributed by atoms with E-state index in [0.29, 0.717) is 17.9 Å². The lowest BCUT2D eigenvalue weighted by Crippen LogP contribution is -2.52. The van der Waals surface area contributed by atoms with Crippen molar-refractivity contribution >= 4 is 5.70 Å². The van der Waals surface area contributed by atoms with Gasteiger partial charge in [-0.1, -0.05) is 50.6 Å². The van der Waals surface area contributed by atoms with Crippen molar-refractivity contribution in [1.82, 2.24) is 0 Å². The second kappa shape index (κ2) is 10.9. The average Bonchev–Trinajstić information content (AvgIpc) is 2.88. The van der Waals surface area contributed by atoms with E-state index in [0.717, 1.165) is 6.42 Å². The van der Waals surface area contributed by atoms with E-state index in [4.69, 9.17) is 6.58 Å². The van der Waals surface area contributed by atoms with Gasteiger partial charge in [0.2, 0.25) is 5.69 Å². The summed E-state index contributed by atoms with van der Waals surface area (Å²) in [4.78, 5) is 0. The molecule has 0 bridgehead atoms. The van der Waals surface area contributed by atoms with Gasteiger partial charge in [-0.3, -0.25) is 0 Å². The number of aryl methyl sites for hydroxylation is 2. The fourth-order valence-corrected chi connectivity index (χ4v) is 6.32. The van der Waals surface area contributed by atoms with Crippen molar-refractivity contribution in [2.45, 2.75) is 79.7 Å². The monoisotopic (exact) mass is 480 g/mol. The van der Waals surface area contributed by atoms with E-state index < -0.39 is 0 Å². The fraction of sp³-hybridized carbons (Fsp3) is 0.412. The smallest absolute Gasteiger partial charge is 0.194 e. The third-order valence-corrected chi connectivity index (χ3v) is 8.71. The summed E-state index contributed by atoms with van der Waals surface area (Å²) in [7, 11) is 0. The van der Waals surface area contributed by atoms with E-state index in [1.54, 1.807) is 0 Å². The highest BCUT2D eigenvalue weighted by molar-refractivity contribution is 5.67. The zero-order chi connectivity index (χ0) is 26.0. The summed E-state index contributed by atoms with van der Waals surface area (Å²) in [6.07, 6.45) is 10.4. The number of pyridine rings is 2. The molecule has 0 aliphatic carbocycles. The van der Waals surface area contributed by atoms with Crippen molar-refractivity contribution in [3.05, 3.63) is 102 Å². The molecule has 1 aliphatic heterocycles. The van der Waals surface area contributed by atoms with Gasteiger partial charge < -0.3 is 0 Å². The Morgan fingerprint density at radius 3 is 2.50 bits per heavy atom. The Balaban J connectivity index is 1.86. The van der Waals surface area contributed by atoms with Gasteiger partial charge in [-0.15, -0.1) is 0 Å². The van der Waals surface area contributed by atoms with Crippen molar-refractivity contribution in [2.75, 3.05) is 0 Å². The number of rotatable bonds is 8. The first-order chi connectivity index (χ1) is 17.3. The maximum atomic E-state index is 4.81. The highest BCUT2D eigenvalue weighted by atomic mass is 15.1. The molecule has 4 rings (SSSR count). The molecule has 1 aliphatic rings. The van der Waals surface area contributed by atoms with Crippen LogP contribution < -0.4 is 9.13 Å². The van der Waals surface area contributed by atoms with Crippen LogP contribution in [-0.2, 0) is 0 Å². The molecule has 2 aromatic heterocycles. The van der Waals surface area contributed by atoms with Crippen molar-refractivity contribution < 1.29 is 9.13 Å². The predicted molar refractivity (Wildman–Crippen MR) is 152 cm³/mol. The van der Waals surface area contributed by atoms with Gasteiger partial charge in [0.1, 0.15) is 5.92 Å². The molecule has 2 heteroatoms. The number of aromatic nitrogens is 2. The predicted octanol–water partition coefficient (Wildman–Crippen LogP) is 7.99. The van der Waals surface area contributed by atoms with Crippen molar-refractivity contribution in [3.8, 4) is 11.3 Å². The van der Waals surface area contributed by atoms with Crippen molar-refractivity contribution in [2.24, 2.45) is 11.8 Å². The first kappa shape index (κ1) is 26.1. The summed E-state index contributed by atoms with van der Waals surface area (Å²) in [5, 5.41) is 0. The van der Waals surface area contributed by atoms with Crippen LogP contribution in [0.4, 0.5) is 0 Å². The minimum absolute atomic E-state index is 0.203. The number of nitrogens with zero attached hydrogens (tertiary/aromatic N) is 2. The number of benzene rings is 1. The molecule has 2 nitrogen and oxygen atoms in total. The first-order valence-electron chi connectivity index (χ1n) is 13.7. The van der Waals surface area contributed by atoms with E-state index in [1.165, 1.54) is 57.9 Å². The summed E-state index contributed by atoms with van der Waals surface area (Å²) in [6.45, 7) is 20.6. The summed E-state index contributed by atoms with van der Waals surface area (Å²) in [5.41, 5.74) is 10.5. The third-order valence-electron chi connectivity index (χ3n) is 8.71. The third kappa shape index (κ3) is 4.71. The van der Waals surface area contributed by atoms with E-state index in [1.807, 2.05) is 0 Å². The van der Waals surface area contributed by atoms with Gasteiger partial charge in [0.15, 0.2) is 29.3 Å². The minimum Gasteiger partial charge on any atom is -0.194 e. The Morgan fingerprint density at radius 1 is 1.06 bits per heavy atom. The Bertz CT molecular complexity index is 1280. The lowest BCUT2D eigenvalue weighted by atomic mass is 9.77. The quantitative estimate of drug-likeness (QED) is 0.228. The Morgan fingerprint density at radius 2 is 1.78 bits per heavy atom. The van der Waals surface area contributed by atoms with Gasteiger partial charge in [0.05, 0.1) is 5.56 Å². The highest BCUT2D eigenvalue weighted by Crippen LogP contribution is 2.44. The largest absolute Gasteiger partial charge is 0.213 e. The molecule has 188 valence electrons. The van der Waals surface area contributed by atoms with E-state index >= 15 is 0 Å². The van der Waals surface area contributed by atoms with Crippen LogP contribution in [-0.4, -0.2) is 0 Å². The zero-order valence-electron chi connectivity index (χ0n) is 23.4. The van der Waals surface area contributed by atoms with Crippen LogP contribution in [0.15, 0.2) is 73.5 Å². The number of hydrogen-bond acceptors (Lipinski definition) is 0. The second-order valence-electron chi connectivity index (χ2n) is 10.8. The summed E-state index contributed by atoms with van der Waals surface area (Å²) < 4.78 is 4.96. The number of hydrogen-bond donors (Lipinski definition) is 0. The lowest BCUT2D eigenvalue weighted by molar-refractivity contribution is -0.721. The highest BCUT2D eigenvalue weighted by Gasteiger charge is 2.45. The van der Waals surface area contributed by atoms with E-state index in [9.17, 15) is 0 Å². The Hall–Kier alpha value is -3.00. The second-order valence-corrected chi connectivity index (χ2v) is 10.8. The van der Waals surface area contributed by atoms with E-state index in [2.05, 4.69) is 124 Å². The van der Waals surface area contributed by atoms with E-state index in [-0.39, 0.29) is 5.92 Å². The molecule has 0 amide bonds. The molecule has 4 unspecified atom stereocenters. The van der Waals surface area contributed by atoms with Crippen LogP contribution in [0.5, 0.6) is 0 Å². The molecule has 3 heterocycles. The van der Waals surface area contributed by atoms with Gasteiger partial charge in [0.25, 0.3) is 0 Å². The topological polar surface area (TPSA) is 7.76 Å². The van der Waals surface area contributed by atoms with Gasteiger partial charge in [-0.25, -0.2) is 0 Å². The van der Waals surface area contributed by atoms with Crippen LogP contribution in [0, 0.1) is 39.5 Å². The molecule has 0 saturated carbocycles. The van der Waals surface area contributed by atoms with Crippen LogP contribution in [0.3, 0.4) is 0 Å². The molecule has 1 aromatic carbocycles. The number of allylic oxidation sites excluding steroid dienone is 3. The molecule has 0 radical (unpaired) electrons. The number of fused-ring (bicyclic) bond motifs is 3. The molecule has 0 spiro atoms. The van der Waals surface area contributed by atoms with Gasteiger partial charge in [0, 0.05) is 44.0 Å². The van der Waals surface area contributed by atoms with Gasteiger partial charge >= 0.3 is 0 Å². The van der Waals surface area contributed by atoms with Crippen LogP contribution >= 0.6 is 0 Å². The lowest BCUT2D eigenvalue weighted by Gasteiger charge is -2.31. The Labute approximate surface area is 219 Å². The maximum Gasteiger partial charge on any atom is 0.213 e. The molecule has 0 N–H and O–H groups in total. The van der Waals surface area contributed by atoms with Crippen LogP contribution in [0.1, 0.15) is 80.1 Å². The molecule has 0 saturated heterocycles. The van der Waals surface area contributed by atoms with Gasteiger partial charge in [-0.05, 0) is 68.9 Å². The molecular formula is C34H44N2+2. The normalized spacial score (nSPS) is 18.5. The minimum atomic E-state index is 0.203. The summed E-state index contributed by atoms with van der Waals surface area (Å²) in [5.74, 6) is 1.47. The van der Waals surface area contributed by atoms with Crippen molar-refractivity contribution in [1.29, 1.82) is 0 Å². The zero-order valence-corrected chi connectivity index (χ0v) is 23.4. The summed E-state index contributed by atoms with van der Waals surface area (Å²) >= 11 is 0. The van der Waals surface area contributed by atoms with Crippen LogP contribution in [0.25, 0.3) is 17.0 Å². The molecular weight excluding hydrogens is 436 g/mol. The summed E-state index contributed by atoms with van der Waals surface area (Å²) in [6, 6.07) is 18.2. The molecule has 36 heavy (non-hydrogen) atoms. The van der Waals surface area contributed by atoms with Gasteiger partial charge in [-0.2, -0.15) is 9.13 Å². The SMILES string of the molecule is C=C(C1c2ccccc2-c2cccc[n+]2C1CCC(/C=C\C)C(C)CC)[n+]1c(C)cc(C)c(C)c1C. The van der Waals surface area contributed by atoms with Crippen molar-refractivity contribution in [3.63, 3.8) is 0 Å². The molecule has 4 atom stereocenters. The average molecular weight is 481 g/mol.